The third-order valence-corrected chi connectivity index (χ3v) is 2.98. The summed E-state index contributed by atoms with van der Waals surface area (Å²) in [7, 11) is 0. The van der Waals surface area contributed by atoms with Crippen molar-refractivity contribution in [3.8, 4) is 11.8 Å². The van der Waals surface area contributed by atoms with Crippen LogP contribution in [0.15, 0.2) is 24.5 Å². The molecule has 2 heterocycles. The second kappa shape index (κ2) is 5.23. The number of amides is 1. The van der Waals surface area contributed by atoms with Gasteiger partial charge < -0.3 is 5.32 Å². The Morgan fingerprint density at radius 1 is 1.35 bits per heavy atom. The summed E-state index contributed by atoms with van der Waals surface area (Å²) in [5.74, 6) is 6.05. The Balaban J connectivity index is 2.24. The van der Waals surface area contributed by atoms with Gasteiger partial charge >= 0.3 is 0 Å². The molecule has 2 aromatic heterocycles. The van der Waals surface area contributed by atoms with Gasteiger partial charge in [-0.3, -0.25) is 9.78 Å². The molecule has 2 rings (SSSR count). The van der Waals surface area contributed by atoms with Gasteiger partial charge in [0, 0.05) is 18.0 Å². The van der Waals surface area contributed by atoms with Crippen molar-refractivity contribution in [3.63, 3.8) is 0 Å². The van der Waals surface area contributed by atoms with E-state index in [-0.39, 0.29) is 0 Å². The minimum absolute atomic E-state index is 0.566. The fourth-order valence-electron chi connectivity index (χ4n) is 1.19. The first-order chi connectivity index (χ1) is 8.29. The average molecular weight is 243 g/mol. The number of hydrogen-bond acceptors (Lipinski definition) is 4. The second-order valence-electron chi connectivity index (χ2n) is 3.18. The first-order valence-corrected chi connectivity index (χ1v) is 5.71. The maximum Gasteiger partial charge on any atom is 0.213 e. The molecule has 4 nitrogen and oxygen atoms in total. The highest BCUT2D eigenvalue weighted by Crippen LogP contribution is 2.20. The van der Waals surface area contributed by atoms with E-state index >= 15 is 0 Å². The number of carbonyl (C=O) groups is 1. The largest absolute Gasteiger partial charge is 0.305 e. The number of nitrogens with zero attached hydrogens (tertiary/aromatic N) is 2. The van der Waals surface area contributed by atoms with E-state index in [0.717, 1.165) is 16.1 Å². The molecule has 84 valence electrons. The summed E-state index contributed by atoms with van der Waals surface area (Å²) >= 11 is 1.36. The Morgan fingerprint density at radius 2 is 2.12 bits per heavy atom. The van der Waals surface area contributed by atoms with Gasteiger partial charge in [-0.2, -0.15) is 0 Å². The van der Waals surface area contributed by atoms with Crippen LogP contribution in [0.1, 0.15) is 16.1 Å². The van der Waals surface area contributed by atoms with Crippen LogP contribution in [0.4, 0.5) is 5.13 Å². The molecule has 0 aliphatic rings. The van der Waals surface area contributed by atoms with Crippen LogP contribution in [0, 0.1) is 18.8 Å². The lowest BCUT2D eigenvalue weighted by Gasteiger charge is -1.86. The van der Waals surface area contributed by atoms with Crippen LogP contribution in [0.2, 0.25) is 0 Å². The number of rotatable bonds is 2. The van der Waals surface area contributed by atoms with Crippen LogP contribution in [-0.2, 0) is 4.79 Å². The summed E-state index contributed by atoms with van der Waals surface area (Å²) in [6.07, 6.45) is 4.00. The monoisotopic (exact) mass is 243 g/mol. The van der Waals surface area contributed by atoms with E-state index in [4.69, 9.17) is 0 Å². The smallest absolute Gasteiger partial charge is 0.213 e. The quantitative estimate of drug-likeness (QED) is 0.646. The number of carbonyl (C=O) groups excluding carboxylic acids is 1. The van der Waals surface area contributed by atoms with Gasteiger partial charge in [0.25, 0.3) is 0 Å². The van der Waals surface area contributed by atoms with Gasteiger partial charge in [-0.25, -0.2) is 4.98 Å². The summed E-state index contributed by atoms with van der Waals surface area (Å²) in [6.45, 7) is 1.86. The second-order valence-corrected chi connectivity index (χ2v) is 4.18. The molecule has 0 unspecified atom stereocenters. The van der Waals surface area contributed by atoms with Crippen molar-refractivity contribution >= 4 is 22.9 Å². The molecular weight excluding hydrogens is 234 g/mol. The van der Waals surface area contributed by atoms with Crippen LogP contribution in [0.3, 0.4) is 0 Å². The molecule has 0 radical (unpaired) electrons. The lowest BCUT2D eigenvalue weighted by atomic mass is 10.2. The van der Waals surface area contributed by atoms with Crippen molar-refractivity contribution in [1.82, 2.24) is 9.97 Å². The van der Waals surface area contributed by atoms with Crippen molar-refractivity contribution in [2.45, 2.75) is 6.92 Å². The van der Waals surface area contributed by atoms with Gasteiger partial charge in [-0.1, -0.05) is 17.3 Å². The van der Waals surface area contributed by atoms with Crippen molar-refractivity contribution < 1.29 is 4.79 Å². The number of anilines is 1. The van der Waals surface area contributed by atoms with Gasteiger partial charge in [0.15, 0.2) is 5.13 Å². The van der Waals surface area contributed by atoms with E-state index in [9.17, 15) is 4.79 Å². The highest BCUT2D eigenvalue weighted by molar-refractivity contribution is 7.16. The first kappa shape index (κ1) is 11.3. The normalized spacial score (nSPS) is 9.24. The third-order valence-electron chi connectivity index (χ3n) is 1.98. The fraction of sp³-hybridized carbons (Fsp3) is 0.0833. The van der Waals surface area contributed by atoms with E-state index < -0.39 is 0 Å². The summed E-state index contributed by atoms with van der Waals surface area (Å²) in [6, 6.07) is 3.68. The molecule has 5 heteroatoms. The number of thiazole rings is 1. The van der Waals surface area contributed by atoms with Crippen LogP contribution >= 0.6 is 11.3 Å². The van der Waals surface area contributed by atoms with Gasteiger partial charge in [0.1, 0.15) is 4.88 Å². The Bertz CT molecular complexity index is 581. The predicted molar refractivity (Wildman–Crippen MR) is 66.8 cm³/mol. The molecule has 17 heavy (non-hydrogen) atoms. The minimum atomic E-state index is 0.566. The first-order valence-electron chi connectivity index (χ1n) is 4.89. The lowest BCUT2D eigenvalue weighted by molar-refractivity contribution is -0.105. The van der Waals surface area contributed by atoms with Gasteiger partial charge in [-0.15, -0.1) is 0 Å². The molecular formula is C12H9N3OS. The highest BCUT2D eigenvalue weighted by atomic mass is 32.1. The van der Waals surface area contributed by atoms with Gasteiger partial charge in [-0.05, 0) is 25.0 Å². The molecule has 0 saturated heterocycles. The average Bonchev–Trinajstić information content (AvgIpc) is 2.69. The Kier molecular flexibility index (Phi) is 3.48. The van der Waals surface area contributed by atoms with E-state index in [1.807, 2.05) is 19.1 Å². The summed E-state index contributed by atoms with van der Waals surface area (Å²) in [4.78, 5) is 19.2. The fourth-order valence-corrected chi connectivity index (χ4v) is 1.97. The SMILES string of the molecule is Cc1nc(NC=O)sc1C#Cc1ccncc1. The summed E-state index contributed by atoms with van der Waals surface area (Å²) < 4.78 is 0. The zero-order chi connectivity index (χ0) is 12.1. The topological polar surface area (TPSA) is 54.9 Å². The molecule has 0 aliphatic carbocycles. The molecule has 0 fully saturated rings. The predicted octanol–water partition coefficient (Wildman–Crippen LogP) is 1.81. The lowest BCUT2D eigenvalue weighted by Crippen LogP contribution is -1.91. The van der Waals surface area contributed by atoms with Crippen LogP contribution in [-0.4, -0.2) is 16.4 Å². The number of pyridine rings is 1. The highest BCUT2D eigenvalue weighted by Gasteiger charge is 2.03. The summed E-state index contributed by atoms with van der Waals surface area (Å²) in [5.41, 5.74) is 1.72. The van der Waals surface area contributed by atoms with Gasteiger partial charge in [0.05, 0.1) is 5.69 Å². The minimum Gasteiger partial charge on any atom is -0.305 e. The zero-order valence-corrected chi connectivity index (χ0v) is 9.91. The van der Waals surface area contributed by atoms with Crippen molar-refractivity contribution in [2.75, 3.05) is 5.32 Å². The molecule has 0 saturated carbocycles. The van der Waals surface area contributed by atoms with E-state index in [0.29, 0.717) is 11.5 Å². The maximum atomic E-state index is 10.3. The molecule has 0 aromatic carbocycles. The molecule has 2 aromatic rings. The summed E-state index contributed by atoms with van der Waals surface area (Å²) in [5, 5.41) is 3.08. The Labute approximate surface area is 103 Å². The van der Waals surface area contributed by atoms with Crippen molar-refractivity contribution in [2.24, 2.45) is 0 Å². The van der Waals surface area contributed by atoms with E-state index in [2.05, 4.69) is 27.1 Å². The van der Waals surface area contributed by atoms with E-state index in [1.54, 1.807) is 12.4 Å². The number of aryl methyl sites for hydroxylation is 1. The molecule has 1 N–H and O–H groups in total. The van der Waals surface area contributed by atoms with E-state index in [1.165, 1.54) is 11.3 Å². The number of nitrogens with one attached hydrogen (secondary N) is 1. The van der Waals surface area contributed by atoms with Crippen molar-refractivity contribution in [1.29, 1.82) is 0 Å². The standard InChI is InChI=1S/C12H9N3OS/c1-9-11(17-12(15-9)14-8-16)3-2-10-4-6-13-7-5-10/h4-8H,1H3,(H,14,15,16). The number of hydrogen-bond donors (Lipinski definition) is 1. The molecule has 0 spiro atoms. The Hall–Kier alpha value is -2.19. The Morgan fingerprint density at radius 3 is 2.82 bits per heavy atom. The molecule has 0 aliphatic heterocycles. The van der Waals surface area contributed by atoms with Gasteiger partial charge in [0.2, 0.25) is 6.41 Å². The van der Waals surface area contributed by atoms with Crippen LogP contribution in [0.5, 0.6) is 0 Å². The van der Waals surface area contributed by atoms with Crippen LogP contribution < -0.4 is 5.32 Å². The molecule has 0 bridgehead atoms. The van der Waals surface area contributed by atoms with Crippen molar-refractivity contribution in [3.05, 3.63) is 40.7 Å². The number of aromatic nitrogens is 2. The molecule has 1 amide bonds. The van der Waals surface area contributed by atoms with Crippen LogP contribution in [0.25, 0.3) is 0 Å². The third kappa shape index (κ3) is 2.89. The zero-order valence-electron chi connectivity index (χ0n) is 9.10. The molecule has 0 atom stereocenters. The maximum absolute atomic E-state index is 10.3.